The molecule has 17 heavy (non-hydrogen) atoms. The summed E-state index contributed by atoms with van der Waals surface area (Å²) in [6, 6.07) is 4.33. The lowest BCUT2D eigenvalue weighted by Crippen LogP contribution is -2.32. The zero-order valence-electron chi connectivity index (χ0n) is 9.78. The molecule has 1 aromatic carbocycles. The summed E-state index contributed by atoms with van der Waals surface area (Å²) in [5.41, 5.74) is 0.805. The molecule has 0 heterocycles. The van der Waals surface area contributed by atoms with Gasteiger partial charge in [-0.15, -0.1) is 0 Å². The van der Waals surface area contributed by atoms with Crippen LogP contribution < -0.4 is 0 Å². The Morgan fingerprint density at radius 2 is 2.24 bits per heavy atom. The van der Waals surface area contributed by atoms with Crippen molar-refractivity contribution in [2.75, 3.05) is 13.1 Å². The van der Waals surface area contributed by atoms with E-state index < -0.39 is 11.8 Å². The van der Waals surface area contributed by atoms with Crippen molar-refractivity contribution >= 4 is 17.6 Å². The maximum absolute atomic E-state index is 13.0. The summed E-state index contributed by atoms with van der Waals surface area (Å²) in [6.45, 7) is 4.30. The molecule has 0 saturated carbocycles. The zero-order chi connectivity index (χ0) is 13.0. The second kappa shape index (κ2) is 5.98. The smallest absolute Gasteiger partial charge is 0.317 e. The summed E-state index contributed by atoms with van der Waals surface area (Å²) >= 11 is 5.70. The number of nitrogens with zero attached hydrogens (tertiary/aromatic N) is 1. The van der Waals surface area contributed by atoms with Crippen LogP contribution >= 0.6 is 11.6 Å². The summed E-state index contributed by atoms with van der Waals surface area (Å²) in [5, 5.41) is 8.84. The molecule has 0 saturated heterocycles. The monoisotopic (exact) mass is 259 g/mol. The molecule has 1 aromatic rings. The molecular weight excluding hydrogens is 245 g/mol. The molecule has 3 nitrogen and oxygen atoms in total. The highest BCUT2D eigenvalue weighted by Gasteiger charge is 2.17. The topological polar surface area (TPSA) is 40.5 Å². The van der Waals surface area contributed by atoms with Gasteiger partial charge in [-0.05, 0) is 31.2 Å². The van der Waals surface area contributed by atoms with Crippen molar-refractivity contribution in [3.63, 3.8) is 0 Å². The molecule has 1 N–H and O–H groups in total. The number of benzene rings is 1. The molecule has 0 amide bonds. The maximum atomic E-state index is 13.0. The average Bonchev–Trinajstić information content (AvgIpc) is 2.28. The molecule has 0 spiro atoms. The highest BCUT2D eigenvalue weighted by molar-refractivity contribution is 6.30. The highest BCUT2D eigenvalue weighted by atomic mass is 35.5. The number of rotatable bonds is 5. The Hall–Kier alpha value is -1.13. The summed E-state index contributed by atoms with van der Waals surface area (Å²) in [5.74, 6) is -1.35. The van der Waals surface area contributed by atoms with Gasteiger partial charge in [-0.3, -0.25) is 9.69 Å². The maximum Gasteiger partial charge on any atom is 0.317 e. The van der Waals surface area contributed by atoms with Crippen LogP contribution in [0.15, 0.2) is 18.2 Å². The van der Waals surface area contributed by atoms with Crippen LogP contribution in [0.2, 0.25) is 5.02 Å². The molecule has 5 heteroatoms. The van der Waals surface area contributed by atoms with E-state index in [9.17, 15) is 9.18 Å². The van der Waals surface area contributed by atoms with Crippen LogP contribution in [0.25, 0.3) is 0 Å². The summed E-state index contributed by atoms with van der Waals surface area (Å²) in [7, 11) is 0. The lowest BCUT2D eigenvalue weighted by atomic mass is 10.1. The lowest BCUT2D eigenvalue weighted by Gasteiger charge is -2.26. The minimum Gasteiger partial charge on any atom is -0.480 e. The Morgan fingerprint density at radius 3 is 2.71 bits per heavy atom. The molecule has 94 valence electrons. The van der Waals surface area contributed by atoms with Crippen molar-refractivity contribution in [2.24, 2.45) is 0 Å². The van der Waals surface area contributed by atoms with Crippen LogP contribution in [0.4, 0.5) is 4.39 Å². The van der Waals surface area contributed by atoms with Gasteiger partial charge in [0.2, 0.25) is 0 Å². The van der Waals surface area contributed by atoms with Crippen molar-refractivity contribution in [3.05, 3.63) is 34.6 Å². The standard InChI is InChI=1S/C12H15ClFNO2/c1-3-15(7-12(16)17)8(2)9-4-5-11(14)10(13)6-9/h4-6,8H,3,7H2,1-2H3,(H,16,17). The number of carbonyl (C=O) groups is 1. The lowest BCUT2D eigenvalue weighted by molar-refractivity contribution is -0.138. The zero-order valence-corrected chi connectivity index (χ0v) is 10.5. The summed E-state index contributed by atoms with van der Waals surface area (Å²) in [6.07, 6.45) is 0. The molecular formula is C12H15ClFNO2. The predicted molar refractivity (Wildman–Crippen MR) is 64.7 cm³/mol. The first-order valence-electron chi connectivity index (χ1n) is 5.36. The minimum absolute atomic E-state index is 0.0489. The van der Waals surface area contributed by atoms with Crippen LogP contribution in [0, 0.1) is 5.82 Å². The number of hydrogen-bond donors (Lipinski definition) is 1. The van der Waals surface area contributed by atoms with E-state index in [2.05, 4.69) is 0 Å². The van der Waals surface area contributed by atoms with Gasteiger partial charge in [0.25, 0.3) is 0 Å². The van der Waals surface area contributed by atoms with Crippen LogP contribution in [-0.2, 0) is 4.79 Å². The first-order valence-corrected chi connectivity index (χ1v) is 5.74. The molecule has 1 atom stereocenters. The fraction of sp³-hybridized carbons (Fsp3) is 0.417. The molecule has 0 aromatic heterocycles. The number of carboxylic acids is 1. The van der Waals surface area contributed by atoms with Crippen molar-refractivity contribution in [2.45, 2.75) is 19.9 Å². The van der Waals surface area contributed by atoms with Gasteiger partial charge >= 0.3 is 5.97 Å². The quantitative estimate of drug-likeness (QED) is 0.884. The number of likely N-dealkylation sites (N-methyl/N-ethyl adjacent to an activating group) is 1. The Labute approximate surface area is 105 Å². The Kier molecular flexibility index (Phi) is 4.90. The van der Waals surface area contributed by atoms with Crippen molar-refractivity contribution in [1.29, 1.82) is 0 Å². The fourth-order valence-corrected chi connectivity index (χ4v) is 1.87. The number of hydrogen-bond acceptors (Lipinski definition) is 2. The van der Waals surface area contributed by atoms with Crippen molar-refractivity contribution in [1.82, 2.24) is 4.90 Å². The molecule has 0 aliphatic rings. The van der Waals surface area contributed by atoms with Crippen LogP contribution in [0.1, 0.15) is 25.5 Å². The van der Waals surface area contributed by atoms with Gasteiger partial charge in [0.15, 0.2) is 0 Å². The molecule has 1 rings (SSSR count). The molecule has 0 aliphatic heterocycles. The number of halogens is 2. The Morgan fingerprint density at radius 1 is 1.59 bits per heavy atom. The Balaban J connectivity index is 2.89. The van der Waals surface area contributed by atoms with Crippen LogP contribution in [0.3, 0.4) is 0 Å². The van der Waals surface area contributed by atoms with Gasteiger partial charge in [0.1, 0.15) is 5.82 Å². The normalized spacial score (nSPS) is 12.8. The summed E-state index contributed by atoms with van der Waals surface area (Å²) in [4.78, 5) is 12.5. The molecule has 0 radical (unpaired) electrons. The molecule has 0 aliphatic carbocycles. The van der Waals surface area contributed by atoms with E-state index in [0.29, 0.717) is 6.54 Å². The second-order valence-corrected chi connectivity index (χ2v) is 4.21. The highest BCUT2D eigenvalue weighted by Crippen LogP contribution is 2.24. The van der Waals surface area contributed by atoms with Gasteiger partial charge in [-0.2, -0.15) is 0 Å². The van der Waals surface area contributed by atoms with E-state index >= 15 is 0 Å². The average molecular weight is 260 g/mol. The predicted octanol–water partition coefficient (Wildman–Crippen LogP) is 2.95. The summed E-state index contributed by atoms with van der Waals surface area (Å²) < 4.78 is 13.0. The SMILES string of the molecule is CCN(CC(=O)O)C(C)c1ccc(F)c(Cl)c1. The van der Waals surface area contributed by atoms with Gasteiger partial charge in [-0.25, -0.2) is 4.39 Å². The van der Waals surface area contributed by atoms with Crippen molar-refractivity contribution in [3.8, 4) is 0 Å². The Bertz CT molecular complexity index is 411. The van der Waals surface area contributed by atoms with Crippen molar-refractivity contribution < 1.29 is 14.3 Å². The van der Waals surface area contributed by atoms with E-state index in [1.165, 1.54) is 12.1 Å². The van der Waals surface area contributed by atoms with Crippen LogP contribution in [-0.4, -0.2) is 29.1 Å². The molecule has 0 fully saturated rings. The van der Waals surface area contributed by atoms with E-state index in [-0.39, 0.29) is 17.6 Å². The van der Waals surface area contributed by atoms with Crippen LogP contribution in [0.5, 0.6) is 0 Å². The van der Waals surface area contributed by atoms with Gasteiger partial charge in [0, 0.05) is 6.04 Å². The first-order chi connectivity index (χ1) is 7.95. The fourth-order valence-electron chi connectivity index (χ4n) is 1.68. The third-order valence-corrected chi connectivity index (χ3v) is 3.01. The third kappa shape index (κ3) is 3.68. The van der Waals surface area contributed by atoms with E-state index in [1.807, 2.05) is 13.8 Å². The third-order valence-electron chi connectivity index (χ3n) is 2.72. The minimum atomic E-state index is -0.882. The largest absolute Gasteiger partial charge is 0.480 e. The first kappa shape index (κ1) is 13.9. The van der Waals surface area contributed by atoms with Gasteiger partial charge < -0.3 is 5.11 Å². The van der Waals surface area contributed by atoms with E-state index in [4.69, 9.17) is 16.7 Å². The van der Waals surface area contributed by atoms with Gasteiger partial charge in [-0.1, -0.05) is 24.6 Å². The van der Waals surface area contributed by atoms with E-state index in [1.54, 1.807) is 11.0 Å². The van der Waals surface area contributed by atoms with E-state index in [0.717, 1.165) is 5.56 Å². The molecule has 0 bridgehead atoms. The van der Waals surface area contributed by atoms with Gasteiger partial charge in [0.05, 0.1) is 11.6 Å². The number of carboxylic acid groups (broad SMARTS) is 1. The molecule has 1 unspecified atom stereocenters. The second-order valence-electron chi connectivity index (χ2n) is 3.81. The number of aliphatic carboxylic acids is 1.